The number of carboxylic acid groups (broad SMARTS) is 1. The molecule has 5 heteroatoms. The van der Waals surface area contributed by atoms with Gasteiger partial charge in [-0.05, 0) is 30.9 Å². The lowest BCUT2D eigenvalue weighted by Gasteiger charge is -2.20. The minimum Gasteiger partial charge on any atom is -0.478 e. The molecule has 0 bridgehead atoms. The van der Waals surface area contributed by atoms with Crippen molar-refractivity contribution in [2.24, 2.45) is 0 Å². The molecule has 0 radical (unpaired) electrons. The van der Waals surface area contributed by atoms with Gasteiger partial charge >= 0.3 is 5.97 Å². The molecule has 1 aromatic heterocycles. The summed E-state index contributed by atoms with van der Waals surface area (Å²) >= 11 is 0. The first-order chi connectivity index (χ1) is 10.1. The predicted molar refractivity (Wildman–Crippen MR) is 79.8 cm³/mol. The van der Waals surface area contributed by atoms with Crippen LogP contribution in [0.3, 0.4) is 0 Å². The number of carbonyl (C=O) groups is 1. The molecule has 108 valence electrons. The van der Waals surface area contributed by atoms with Crippen LogP contribution < -0.4 is 4.90 Å². The summed E-state index contributed by atoms with van der Waals surface area (Å²) in [5, 5.41) is 9.04. The van der Waals surface area contributed by atoms with Crippen molar-refractivity contribution in [3.63, 3.8) is 0 Å². The number of anilines is 1. The molecule has 0 saturated heterocycles. The lowest BCUT2D eigenvalue weighted by atomic mass is 10.0. The van der Waals surface area contributed by atoms with Crippen LogP contribution in [0.4, 0.5) is 5.95 Å². The van der Waals surface area contributed by atoms with E-state index in [0.29, 0.717) is 11.6 Å². The number of aryl methyl sites for hydroxylation is 1. The minimum absolute atomic E-state index is 0.164. The number of benzene rings is 1. The Labute approximate surface area is 123 Å². The molecule has 0 saturated carbocycles. The zero-order chi connectivity index (χ0) is 14.8. The number of carboxylic acids is 1. The van der Waals surface area contributed by atoms with Gasteiger partial charge in [0.15, 0.2) is 0 Å². The van der Waals surface area contributed by atoms with Gasteiger partial charge in [-0.2, -0.15) is 0 Å². The fourth-order valence-corrected chi connectivity index (χ4v) is 2.69. The maximum absolute atomic E-state index is 11.0. The fraction of sp³-hybridized carbons (Fsp3) is 0.312. The molecule has 0 spiro atoms. The summed E-state index contributed by atoms with van der Waals surface area (Å²) in [6, 6.07) is 8.46. The van der Waals surface area contributed by atoms with Gasteiger partial charge in [-0.15, -0.1) is 0 Å². The Hall–Kier alpha value is -2.43. The normalized spacial score (nSPS) is 14.4. The Morgan fingerprint density at radius 2 is 1.81 bits per heavy atom. The van der Waals surface area contributed by atoms with Crippen LogP contribution in [-0.4, -0.2) is 34.1 Å². The van der Waals surface area contributed by atoms with E-state index in [9.17, 15) is 4.79 Å². The van der Waals surface area contributed by atoms with Gasteiger partial charge in [-0.3, -0.25) is 0 Å². The smallest absolute Gasteiger partial charge is 0.339 e. The molecular formula is C16H17N3O2. The zero-order valence-electron chi connectivity index (χ0n) is 11.9. The van der Waals surface area contributed by atoms with Crippen LogP contribution >= 0.6 is 0 Å². The van der Waals surface area contributed by atoms with Crippen molar-refractivity contribution in [3.8, 4) is 0 Å². The van der Waals surface area contributed by atoms with E-state index >= 15 is 0 Å². The molecule has 2 aromatic rings. The van der Waals surface area contributed by atoms with E-state index in [1.165, 1.54) is 17.3 Å². The van der Waals surface area contributed by atoms with Crippen LogP contribution in [0.15, 0.2) is 30.5 Å². The van der Waals surface area contributed by atoms with E-state index in [2.05, 4.69) is 39.1 Å². The lowest BCUT2D eigenvalue weighted by molar-refractivity contribution is 0.0695. The van der Waals surface area contributed by atoms with Gasteiger partial charge < -0.3 is 10.0 Å². The van der Waals surface area contributed by atoms with E-state index in [4.69, 9.17) is 5.11 Å². The van der Waals surface area contributed by atoms with Gasteiger partial charge in [0.2, 0.25) is 5.95 Å². The van der Waals surface area contributed by atoms with Crippen LogP contribution in [0.25, 0.3) is 0 Å². The standard InChI is InChI=1S/C16H17N3O2/c1-11-14(15(20)21)10-17-16(18-11)19-8-6-12-4-2-3-5-13(12)7-9-19/h2-5,10H,6-9H2,1H3,(H,20,21). The lowest BCUT2D eigenvalue weighted by Crippen LogP contribution is -2.28. The fourth-order valence-electron chi connectivity index (χ4n) is 2.69. The molecule has 21 heavy (non-hydrogen) atoms. The molecule has 0 unspecified atom stereocenters. The van der Waals surface area contributed by atoms with E-state index in [1.807, 2.05) is 0 Å². The SMILES string of the molecule is Cc1nc(N2CCc3ccccc3CC2)ncc1C(=O)O. The van der Waals surface area contributed by atoms with Crippen LogP contribution in [0.1, 0.15) is 27.2 Å². The molecule has 0 fully saturated rings. The first kappa shape index (κ1) is 13.5. The van der Waals surface area contributed by atoms with Gasteiger partial charge in [-0.1, -0.05) is 24.3 Å². The van der Waals surface area contributed by atoms with Gasteiger partial charge in [0.1, 0.15) is 0 Å². The van der Waals surface area contributed by atoms with E-state index in [0.717, 1.165) is 25.9 Å². The summed E-state index contributed by atoms with van der Waals surface area (Å²) < 4.78 is 0. The molecule has 3 rings (SSSR count). The van der Waals surface area contributed by atoms with Gasteiger partial charge in [0.25, 0.3) is 0 Å². The van der Waals surface area contributed by atoms with Crippen LogP contribution in [-0.2, 0) is 12.8 Å². The quantitative estimate of drug-likeness (QED) is 0.914. The number of nitrogens with zero attached hydrogens (tertiary/aromatic N) is 3. The van der Waals surface area contributed by atoms with Crippen LogP contribution in [0.2, 0.25) is 0 Å². The number of aromatic nitrogens is 2. The Balaban J connectivity index is 1.83. The molecule has 0 aliphatic carbocycles. The van der Waals surface area contributed by atoms with Crippen molar-refractivity contribution in [2.45, 2.75) is 19.8 Å². The molecule has 1 aromatic carbocycles. The summed E-state index contributed by atoms with van der Waals surface area (Å²) in [4.78, 5) is 21.7. The maximum atomic E-state index is 11.0. The maximum Gasteiger partial charge on any atom is 0.339 e. The van der Waals surface area contributed by atoms with E-state index in [1.54, 1.807) is 6.92 Å². The average molecular weight is 283 g/mol. The van der Waals surface area contributed by atoms with Crippen molar-refractivity contribution in [2.75, 3.05) is 18.0 Å². The monoisotopic (exact) mass is 283 g/mol. The molecule has 1 N–H and O–H groups in total. The van der Waals surface area contributed by atoms with Gasteiger partial charge in [0, 0.05) is 19.3 Å². The van der Waals surface area contributed by atoms with Gasteiger partial charge in [0.05, 0.1) is 11.3 Å². The molecule has 2 heterocycles. The number of aromatic carboxylic acids is 1. The molecule has 0 amide bonds. The van der Waals surface area contributed by atoms with Crippen molar-refractivity contribution in [1.29, 1.82) is 0 Å². The van der Waals surface area contributed by atoms with E-state index < -0.39 is 5.97 Å². The number of fused-ring (bicyclic) bond motifs is 1. The highest BCUT2D eigenvalue weighted by molar-refractivity contribution is 5.88. The first-order valence-electron chi connectivity index (χ1n) is 7.04. The molecule has 0 atom stereocenters. The molecular weight excluding hydrogens is 266 g/mol. The van der Waals surface area contributed by atoms with Crippen LogP contribution in [0, 0.1) is 6.92 Å². The summed E-state index contributed by atoms with van der Waals surface area (Å²) in [5.74, 6) is -0.368. The van der Waals surface area contributed by atoms with Gasteiger partial charge in [-0.25, -0.2) is 14.8 Å². The summed E-state index contributed by atoms with van der Waals surface area (Å²) in [7, 11) is 0. The summed E-state index contributed by atoms with van der Waals surface area (Å²) in [6.45, 7) is 3.41. The largest absolute Gasteiger partial charge is 0.478 e. The Bertz CT molecular complexity index is 658. The van der Waals surface area contributed by atoms with Crippen molar-refractivity contribution in [3.05, 3.63) is 52.8 Å². The highest BCUT2D eigenvalue weighted by atomic mass is 16.4. The summed E-state index contributed by atoms with van der Waals surface area (Å²) in [6.07, 6.45) is 3.32. The minimum atomic E-state index is -0.984. The van der Waals surface area contributed by atoms with Crippen LogP contribution in [0.5, 0.6) is 0 Å². The Morgan fingerprint density at radius 3 is 2.33 bits per heavy atom. The third-order valence-corrected chi connectivity index (χ3v) is 3.90. The Kier molecular flexibility index (Phi) is 3.56. The third-order valence-electron chi connectivity index (χ3n) is 3.90. The average Bonchev–Trinajstić information content (AvgIpc) is 2.69. The van der Waals surface area contributed by atoms with Crippen molar-refractivity contribution in [1.82, 2.24) is 9.97 Å². The zero-order valence-corrected chi connectivity index (χ0v) is 11.9. The highest BCUT2D eigenvalue weighted by Crippen LogP contribution is 2.19. The molecule has 5 nitrogen and oxygen atoms in total. The van der Waals surface area contributed by atoms with Crippen molar-refractivity contribution < 1.29 is 9.90 Å². The number of hydrogen-bond donors (Lipinski definition) is 1. The second-order valence-corrected chi connectivity index (χ2v) is 5.23. The first-order valence-corrected chi connectivity index (χ1v) is 7.04. The topological polar surface area (TPSA) is 66.3 Å². The second-order valence-electron chi connectivity index (χ2n) is 5.23. The Morgan fingerprint density at radius 1 is 1.19 bits per heavy atom. The number of hydrogen-bond acceptors (Lipinski definition) is 4. The summed E-state index contributed by atoms with van der Waals surface area (Å²) in [5.41, 5.74) is 3.42. The predicted octanol–water partition coefficient (Wildman–Crippen LogP) is 2.09. The van der Waals surface area contributed by atoms with Crippen molar-refractivity contribution >= 4 is 11.9 Å². The highest BCUT2D eigenvalue weighted by Gasteiger charge is 2.17. The molecule has 1 aliphatic rings. The third kappa shape index (κ3) is 2.72. The number of rotatable bonds is 2. The molecule has 1 aliphatic heterocycles. The van der Waals surface area contributed by atoms with E-state index in [-0.39, 0.29) is 5.56 Å². The second kappa shape index (κ2) is 5.52.